The van der Waals surface area contributed by atoms with Crippen molar-refractivity contribution in [1.82, 2.24) is 9.78 Å². The summed E-state index contributed by atoms with van der Waals surface area (Å²) in [5.74, 6) is 0.887. The molecule has 0 saturated heterocycles. The Morgan fingerprint density at radius 3 is 2.75 bits per heavy atom. The highest BCUT2D eigenvalue weighted by atomic mass is 19.1. The second kappa shape index (κ2) is 7.84. The molecular weight excluding hydrogens is 357 g/mol. The minimum atomic E-state index is -0.315. The van der Waals surface area contributed by atoms with Crippen LogP contribution in [0.25, 0.3) is 5.69 Å². The van der Waals surface area contributed by atoms with Crippen LogP contribution in [0.3, 0.4) is 0 Å². The quantitative estimate of drug-likeness (QED) is 0.634. The van der Waals surface area contributed by atoms with Crippen molar-refractivity contribution < 1.29 is 13.9 Å². The standard InChI is InChI=1S/C22H22FN3O2/c1-2-3-12-28-20-7-5-4-6-17(20)18-13-21(27)25-22-19(18)14-24-26(22)16-10-8-15(23)9-11-16/h4-11,14,18H,2-3,12-13H2,1H3,(H,25,27)/t18-/m1/s1. The van der Waals surface area contributed by atoms with Crippen molar-refractivity contribution in [3.63, 3.8) is 0 Å². The molecule has 0 aliphatic carbocycles. The second-order valence-electron chi connectivity index (χ2n) is 6.88. The Bertz CT molecular complexity index is 982. The lowest BCUT2D eigenvalue weighted by atomic mass is 9.87. The Hall–Kier alpha value is -3.15. The van der Waals surface area contributed by atoms with Crippen molar-refractivity contribution in [1.29, 1.82) is 0 Å². The van der Waals surface area contributed by atoms with Crippen LogP contribution in [-0.4, -0.2) is 22.3 Å². The first-order valence-electron chi connectivity index (χ1n) is 9.52. The van der Waals surface area contributed by atoms with E-state index in [0.29, 0.717) is 24.5 Å². The zero-order chi connectivity index (χ0) is 19.5. The van der Waals surface area contributed by atoms with Crippen molar-refractivity contribution in [3.05, 3.63) is 71.7 Å². The third-order valence-corrected chi connectivity index (χ3v) is 4.94. The van der Waals surface area contributed by atoms with Gasteiger partial charge in [-0.25, -0.2) is 9.07 Å². The Balaban J connectivity index is 1.73. The molecule has 28 heavy (non-hydrogen) atoms. The van der Waals surface area contributed by atoms with Gasteiger partial charge in [0.15, 0.2) is 0 Å². The van der Waals surface area contributed by atoms with E-state index in [1.165, 1.54) is 12.1 Å². The topological polar surface area (TPSA) is 56.1 Å². The van der Waals surface area contributed by atoms with Crippen molar-refractivity contribution >= 4 is 11.7 Å². The Morgan fingerprint density at radius 2 is 1.96 bits per heavy atom. The van der Waals surface area contributed by atoms with Crippen LogP contribution in [0.2, 0.25) is 0 Å². The maximum absolute atomic E-state index is 13.3. The van der Waals surface area contributed by atoms with E-state index >= 15 is 0 Å². The molecule has 0 bridgehead atoms. The van der Waals surface area contributed by atoms with E-state index in [2.05, 4.69) is 17.3 Å². The largest absolute Gasteiger partial charge is 0.493 e. The number of halogens is 1. The summed E-state index contributed by atoms with van der Waals surface area (Å²) in [6.45, 7) is 2.77. The summed E-state index contributed by atoms with van der Waals surface area (Å²) in [6, 6.07) is 13.9. The van der Waals surface area contributed by atoms with Crippen LogP contribution in [0.5, 0.6) is 5.75 Å². The van der Waals surface area contributed by atoms with Gasteiger partial charge in [0.2, 0.25) is 5.91 Å². The molecular formula is C22H22FN3O2. The summed E-state index contributed by atoms with van der Waals surface area (Å²) in [5.41, 5.74) is 2.60. The van der Waals surface area contributed by atoms with Gasteiger partial charge in [-0.3, -0.25) is 4.79 Å². The Morgan fingerprint density at radius 1 is 1.18 bits per heavy atom. The number of anilines is 1. The molecule has 1 aliphatic heterocycles. The lowest BCUT2D eigenvalue weighted by Gasteiger charge is -2.25. The van der Waals surface area contributed by atoms with E-state index in [-0.39, 0.29) is 17.6 Å². The van der Waals surface area contributed by atoms with Gasteiger partial charge in [-0.15, -0.1) is 0 Å². The fraction of sp³-hybridized carbons (Fsp3) is 0.273. The first-order chi connectivity index (χ1) is 13.7. The smallest absolute Gasteiger partial charge is 0.226 e. The number of hydrogen-bond acceptors (Lipinski definition) is 3. The normalized spacial score (nSPS) is 15.8. The van der Waals surface area contributed by atoms with E-state index in [1.54, 1.807) is 23.0 Å². The molecule has 0 unspecified atom stereocenters. The number of benzene rings is 2. The zero-order valence-electron chi connectivity index (χ0n) is 15.7. The van der Waals surface area contributed by atoms with Crippen LogP contribution in [0.1, 0.15) is 43.2 Å². The van der Waals surface area contributed by atoms with Crippen molar-refractivity contribution in [2.45, 2.75) is 32.1 Å². The SMILES string of the molecule is CCCCOc1ccccc1[C@H]1CC(=O)Nc2c1cnn2-c1ccc(F)cc1. The third kappa shape index (κ3) is 3.50. The van der Waals surface area contributed by atoms with Crippen LogP contribution in [0.15, 0.2) is 54.7 Å². The molecule has 5 nitrogen and oxygen atoms in total. The number of aromatic nitrogens is 2. The van der Waals surface area contributed by atoms with Crippen LogP contribution >= 0.6 is 0 Å². The molecule has 3 aromatic rings. The fourth-order valence-electron chi connectivity index (χ4n) is 3.50. The number of unbranched alkanes of at least 4 members (excludes halogenated alkanes) is 1. The highest BCUT2D eigenvalue weighted by molar-refractivity contribution is 5.94. The van der Waals surface area contributed by atoms with Crippen molar-refractivity contribution in [3.8, 4) is 11.4 Å². The number of hydrogen-bond donors (Lipinski definition) is 1. The molecule has 2 aromatic carbocycles. The summed E-state index contributed by atoms with van der Waals surface area (Å²) >= 11 is 0. The number of rotatable bonds is 6. The number of fused-ring (bicyclic) bond motifs is 1. The van der Waals surface area contributed by atoms with Crippen molar-refractivity contribution in [2.24, 2.45) is 0 Å². The van der Waals surface area contributed by atoms with E-state index in [9.17, 15) is 9.18 Å². The average Bonchev–Trinajstić information content (AvgIpc) is 3.12. The minimum Gasteiger partial charge on any atom is -0.493 e. The first-order valence-corrected chi connectivity index (χ1v) is 9.52. The predicted molar refractivity (Wildman–Crippen MR) is 105 cm³/mol. The van der Waals surface area contributed by atoms with Gasteiger partial charge in [0.25, 0.3) is 0 Å². The summed E-state index contributed by atoms with van der Waals surface area (Å²) in [6.07, 6.45) is 4.14. The minimum absolute atomic E-state index is 0.0790. The van der Waals surface area contributed by atoms with Crippen LogP contribution in [-0.2, 0) is 4.79 Å². The number of nitrogens with zero attached hydrogens (tertiary/aromatic N) is 2. The van der Waals surface area contributed by atoms with Gasteiger partial charge >= 0.3 is 0 Å². The van der Waals surface area contributed by atoms with E-state index < -0.39 is 0 Å². The molecule has 4 rings (SSSR count). The zero-order valence-corrected chi connectivity index (χ0v) is 15.7. The molecule has 6 heteroatoms. The lowest BCUT2D eigenvalue weighted by Crippen LogP contribution is -2.25. The number of carbonyl (C=O) groups is 1. The molecule has 0 saturated carbocycles. The number of amides is 1. The van der Waals surface area contributed by atoms with Crippen LogP contribution in [0.4, 0.5) is 10.2 Å². The number of nitrogens with one attached hydrogen (secondary N) is 1. The maximum atomic E-state index is 13.3. The molecule has 1 N–H and O–H groups in total. The van der Waals surface area contributed by atoms with Gasteiger partial charge < -0.3 is 10.1 Å². The highest BCUT2D eigenvalue weighted by Crippen LogP contribution is 2.41. The number of carbonyl (C=O) groups excluding carboxylic acids is 1. The second-order valence-corrected chi connectivity index (χ2v) is 6.88. The molecule has 2 heterocycles. The van der Waals surface area contributed by atoms with Crippen molar-refractivity contribution in [2.75, 3.05) is 11.9 Å². The van der Waals surface area contributed by atoms with Gasteiger partial charge in [0, 0.05) is 23.5 Å². The molecule has 0 fully saturated rings. The molecule has 0 spiro atoms. The van der Waals surface area contributed by atoms with Gasteiger partial charge in [-0.1, -0.05) is 31.5 Å². The Labute approximate surface area is 163 Å². The number of para-hydroxylation sites is 1. The number of ether oxygens (including phenoxy) is 1. The molecule has 144 valence electrons. The van der Waals surface area contributed by atoms with Gasteiger partial charge in [0.1, 0.15) is 17.4 Å². The van der Waals surface area contributed by atoms with Crippen LogP contribution < -0.4 is 10.1 Å². The fourth-order valence-corrected chi connectivity index (χ4v) is 3.50. The van der Waals surface area contributed by atoms with Gasteiger partial charge in [-0.2, -0.15) is 5.10 Å². The average molecular weight is 379 g/mol. The van der Waals surface area contributed by atoms with Gasteiger partial charge in [0.05, 0.1) is 18.5 Å². The third-order valence-electron chi connectivity index (χ3n) is 4.94. The molecule has 1 atom stereocenters. The van der Waals surface area contributed by atoms with Gasteiger partial charge in [-0.05, 0) is 36.8 Å². The van der Waals surface area contributed by atoms with Crippen LogP contribution in [0, 0.1) is 5.82 Å². The molecule has 1 aromatic heterocycles. The lowest BCUT2D eigenvalue weighted by molar-refractivity contribution is -0.116. The predicted octanol–water partition coefficient (Wildman–Crippen LogP) is 4.66. The molecule has 0 radical (unpaired) electrons. The van der Waals surface area contributed by atoms with E-state index in [4.69, 9.17) is 4.74 Å². The molecule has 1 aliphatic rings. The summed E-state index contributed by atoms with van der Waals surface area (Å²) in [4.78, 5) is 12.5. The molecule has 1 amide bonds. The summed E-state index contributed by atoms with van der Waals surface area (Å²) in [5, 5.41) is 7.37. The first kappa shape index (κ1) is 18.2. The van der Waals surface area contributed by atoms with E-state index in [0.717, 1.165) is 29.7 Å². The monoisotopic (exact) mass is 379 g/mol. The maximum Gasteiger partial charge on any atom is 0.226 e. The van der Waals surface area contributed by atoms with E-state index in [1.807, 2.05) is 24.3 Å². The summed E-state index contributed by atoms with van der Waals surface area (Å²) in [7, 11) is 0. The Kier molecular flexibility index (Phi) is 5.10. The highest BCUT2D eigenvalue weighted by Gasteiger charge is 2.32. The summed E-state index contributed by atoms with van der Waals surface area (Å²) < 4.78 is 20.9.